The Labute approximate surface area is 219 Å². The number of benzene rings is 2. The number of para-hydroxylation sites is 1. The average molecular weight is 512 g/mol. The van der Waals surface area contributed by atoms with Crippen LogP contribution in [0.1, 0.15) is 30.9 Å². The summed E-state index contributed by atoms with van der Waals surface area (Å²) in [4.78, 5) is 21.7. The minimum Gasteiger partial charge on any atom is -0.399 e. The third-order valence-corrected chi connectivity index (χ3v) is 6.93. The number of fused-ring (bicyclic) bond motifs is 3. The van der Waals surface area contributed by atoms with Crippen LogP contribution in [0.15, 0.2) is 82.7 Å². The molecule has 0 radical (unpaired) electrons. The third-order valence-electron chi connectivity index (χ3n) is 6.93. The summed E-state index contributed by atoms with van der Waals surface area (Å²) in [5, 5.41) is 12.1. The molecule has 1 fully saturated rings. The van der Waals surface area contributed by atoms with Crippen LogP contribution in [-0.2, 0) is 13.6 Å². The number of hydrogen-bond acceptors (Lipinski definition) is 6. The largest absolute Gasteiger partial charge is 0.399 e. The molecule has 4 aromatic rings. The van der Waals surface area contributed by atoms with Gasteiger partial charge in [-0.2, -0.15) is 0 Å². The minimum atomic E-state index is -0.318. The molecule has 0 spiro atoms. The van der Waals surface area contributed by atoms with Gasteiger partial charge in [-0.25, -0.2) is 9.38 Å². The van der Waals surface area contributed by atoms with Crippen LogP contribution in [0, 0.1) is 11.2 Å². The fraction of sp³-hybridized carbons (Fsp3) is 0.241. The van der Waals surface area contributed by atoms with Crippen molar-refractivity contribution >= 4 is 11.9 Å². The van der Waals surface area contributed by atoms with Crippen molar-refractivity contribution in [2.45, 2.75) is 37.9 Å². The van der Waals surface area contributed by atoms with Crippen LogP contribution in [0.5, 0.6) is 0 Å². The lowest BCUT2D eigenvalue weighted by atomic mass is 10.1. The molecule has 8 nitrogen and oxygen atoms in total. The minimum absolute atomic E-state index is 0.184. The molecule has 2 atom stereocenters. The van der Waals surface area contributed by atoms with E-state index in [9.17, 15) is 9.18 Å². The maximum absolute atomic E-state index is 13.4. The molecule has 2 aromatic carbocycles. The quantitative estimate of drug-likeness (QED) is 0.365. The lowest BCUT2D eigenvalue weighted by Crippen LogP contribution is -2.57. The molecule has 3 heterocycles. The first-order chi connectivity index (χ1) is 18.4. The summed E-state index contributed by atoms with van der Waals surface area (Å²) >= 11 is 0. The number of nitrogens with one attached hydrogen (secondary N) is 2. The van der Waals surface area contributed by atoms with Crippen molar-refractivity contribution in [3.63, 3.8) is 0 Å². The number of nitrogen functional groups attached to an aromatic ring is 1. The topological polar surface area (TPSA) is 114 Å². The van der Waals surface area contributed by atoms with Gasteiger partial charge in [-0.1, -0.05) is 42.5 Å². The summed E-state index contributed by atoms with van der Waals surface area (Å²) in [6, 6.07) is 20.2. The standard InChI is InChI=1S/C23H23FN6O.C6H7N/c1-29-22(31)17(21(25)30-20-4-2-3-18(20)28-23(29)30)13-26-12-14-5-7-15(8-6-14)19-11-16(24)9-10-27-19;7-6-4-2-1-3-5-6/h5-11,13,18,20,25-26H,2-4,12H2,1H3;1-5H,7H2/b17-13+,25-21?;. The van der Waals surface area contributed by atoms with Gasteiger partial charge in [0, 0.05) is 43.3 Å². The highest BCUT2D eigenvalue weighted by Gasteiger charge is 2.34. The van der Waals surface area contributed by atoms with E-state index in [1.165, 1.54) is 18.3 Å². The normalized spacial score (nSPS) is 17.7. The number of nitrogens with two attached hydrogens (primary N) is 1. The van der Waals surface area contributed by atoms with Crippen LogP contribution < -0.4 is 32.9 Å². The molecular weight excluding hydrogens is 481 g/mol. The van der Waals surface area contributed by atoms with Gasteiger partial charge in [0.1, 0.15) is 11.3 Å². The Balaban J connectivity index is 0.000000366. The highest BCUT2D eigenvalue weighted by Crippen LogP contribution is 2.32. The van der Waals surface area contributed by atoms with E-state index in [4.69, 9.17) is 11.1 Å². The summed E-state index contributed by atoms with van der Waals surface area (Å²) < 4.78 is 16.9. The zero-order valence-corrected chi connectivity index (χ0v) is 21.1. The highest BCUT2D eigenvalue weighted by atomic mass is 19.1. The molecule has 6 rings (SSSR count). The third kappa shape index (κ3) is 5.13. The van der Waals surface area contributed by atoms with Crippen molar-refractivity contribution in [2.24, 2.45) is 12.0 Å². The second-order valence-electron chi connectivity index (χ2n) is 9.48. The van der Waals surface area contributed by atoms with Crippen LogP contribution in [0.4, 0.5) is 10.1 Å². The first-order valence-corrected chi connectivity index (χ1v) is 12.6. The SMILES string of the molecule is Cn1c(=O)/c(=C/NCc2ccc(-c3cc(F)ccn3)cc2)c(=N)n2c1=NC1CCCC12.Nc1ccccc1. The number of nitrogens with zero attached hydrogens (tertiary/aromatic N) is 4. The van der Waals surface area contributed by atoms with Gasteiger partial charge in [0.15, 0.2) is 0 Å². The molecule has 9 heteroatoms. The smallest absolute Gasteiger partial charge is 0.265 e. The Morgan fingerprint density at radius 1 is 1.13 bits per heavy atom. The molecule has 1 aliphatic heterocycles. The molecule has 2 aliphatic rings. The zero-order chi connectivity index (χ0) is 26.6. The second-order valence-corrected chi connectivity index (χ2v) is 9.48. The Hall–Kier alpha value is -4.53. The van der Waals surface area contributed by atoms with E-state index in [1.807, 2.05) is 59.2 Å². The molecule has 1 saturated carbocycles. The summed E-state index contributed by atoms with van der Waals surface area (Å²) in [6.45, 7) is 0.498. The Morgan fingerprint density at radius 3 is 2.58 bits per heavy atom. The van der Waals surface area contributed by atoms with E-state index < -0.39 is 0 Å². The van der Waals surface area contributed by atoms with Gasteiger partial charge in [-0.05, 0) is 43.0 Å². The van der Waals surface area contributed by atoms with E-state index in [0.717, 1.165) is 36.1 Å². The molecule has 4 N–H and O–H groups in total. The molecule has 38 heavy (non-hydrogen) atoms. The van der Waals surface area contributed by atoms with Crippen molar-refractivity contribution in [3.8, 4) is 11.3 Å². The predicted molar refractivity (Wildman–Crippen MR) is 145 cm³/mol. The van der Waals surface area contributed by atoms with E-state index in [1.54, 1.807) is 17.8 Å². The van der Waals surface area contributed by atoms with Crippen molar-refractivity contribution in [2.75, 3.05) is 5.73 Å². The summed E-state index contributed by atoms with van der Waals surface area (Å²) in [5.74, 6) is -0.318. The van der Waals surface area contributed by atoms with Crippen molar-refractivity contribution in [1.82, 2.24) is 19.4 Å². The fourth-order valence-electron chi connectivity index (χ4n) is 4.96. The number of anilines is 1. The van der Waals surface area contributed by atoms with E-state index in [-0.39, 0.29) is 28.9 Å². The van der Waals surface area contributed by atoms with Gasteiger partial charge in [0.05, 0.1) is 23.0 Å². The Bertz CT molecular complexity index is 1680. The first-order valence-electron chi connectivity index (χ1n) is 12.6. The Morgan fingerprint density at radius 2 is 1.89 bits per heavy atom. The molecule has 2 aromatic heterocycles. The summed E-state index contributed by atoms with van der Waals surface area (Å²) in [5.41, 5.74) is 9.19. The number of halogens is 1. The molecule has 0 amide bonds. The highest BCUT2D eigenvalue weighted by molar-refractivity contribution is 5.59. The lowest BCUT2D eigenvalue weighted by Gasteiger charge is -2.13. The van der Waals surface area contributed by atoms with Crippen LogP contribution >= 0.6 is 0 Å². The van der Waals surface area contributed by atoms with E-state index >= 15 is 0 Å². The van der Waals surface area contributed by atoms with Crippen molar-refractivity contribution in [3.05, 3.63) is 111 Å². The van der Waals surface area contributed by atoms with Crippen LogP contribution in [-0.4, -0.2) is 20.2 Å². The molecule has 0 saturated heterocycles. The van der Waals surface area contributed by atoms with Gasteiger partial charge in [-0.3, -0.25) is 24.3 Å². The van der Waals surface area contributed by atoms with E-state index in [0.29, 0.717) is 23.1 Å². The average Bonchev–Trinajstić information content (AvgIpc) is 3.52. The van der Waals surface area contributed by atoms with Crippen LogP contribution in [0.3, 0.4) is 0 Å². The van der Waals surface area contributed by atoms with Crippen molar-refractivity contribution in [1.29, 1.82) is 5.41 Å². The monoisotopic (exact) mass is 511 g/mol. The second kappa shape index (κ2) is 10.8. The van der Waals surface area contributed by atoms with Crippen molar-refractivity contribution < 1.29 is 4.39 Å². The van der Waals surface area contributed by atoms with Gasteiger partial charge in [0.2, 0.25) is 5.62 Å². The van der Waals surface area contributed by atoms with Crippen LogP contribution in [0.2, 0.25) is 0 Å². The summed E-state index contributed by atoms with van der Waals surface area (Å²) in [7, 11) is 1.72. The maximum atomic E-state index is 13.4. The molecule has 0 bridgehead atoms. The Kier molecular flexibility index (Phi) is 7.17. The van der Waals surface area contributed by atoms with E-state index in [2.05, 4.69) is 15.3 Å². The molecule has 2 unspecified atom stereocenters. The molecular formula is C29H30FN7O. The maximum Gasteiger partial charge on any atom is 0.265 e. The summed E-state index contributed by atoms with van der Waals surface area (Å²) in [6.07, 6.45) is 6.19. The predicted octanol–water partition coefficient (Wildman–Crippen LogP) is 2.39. The molecule has 1 aliphatic carbocycles. The first kappa shape index (κ1) is 25.1. The van der Waals surface area contributed by atoms with Gasteiger partial charge < -0.3 is 11.1 Å². The zero-order valence-electron chi connectivity index (χ0n) is 21.1. The van der Waals surface area contributed by atoms with Gasteiger partial charge in [-0.15, -0.1) is 0 Å². The van der Waals surface area contributed by atoms with Gasteiger partial charge >= 0.3 is 0 Å². The number of hydrogen-bond donors (Lipinski definition) is 3. The fourth-order valence-corrected chi connectivity index (χ4v) is 4.96. The number of pyridine rings is 1. The van der Waals surface area contributed by atoms with Gasteiger partial charge in [0.25, 0.3) is 5.56 Å². The molecule has 194 valence electrons. The number of aromatic nitrogens is 3. The lowest BCUT2D eigenvalue weighted by molar-refractivity contribution is 0.466. The van der Waals surface area contributed by atoms with Crippen LogP contribution in [0.25, 0.3) is 17.5 Å². The number of rotatable bonds is 4.